The number of piperidine rings is 1. The molecule has 0 radical (unpaired) electrons. The number of hydrogen-bond donors (Lipinski definition) is 0. The summed E-state index contributed by atoms with van der Waals surface area (Å²) < 4.78 is 9.99. The molecular weight excluding hydrogens is 310 g/mol. The number of methoxy groups -OCH3 is 1. The Hall–Kier alpha value is -2.05. The predicted molar refractivity (Wildman–Crippen MR) is 84.5 cm³/mol. The normalized spacial score (nSPS) is 23.1. The molecule has 130 valence electrons. The maximum Gasteiger partial charge on any atom is 0.292 e. The third-order valence-corrected chi connectivity index (χ3v) is 5.60. The van der Waals surface area contributed by atoms with Crippen LogP contribution in [0.4, 0.5) is 0 Å². The molecule has 1 aromatic heterocycles. The zero-order valence-electron chi connectivity index (χ0n) is 14.0. The van der Waals surface area contributed by atoms with Gasteiger partial charge in [-0.1, -0.05) is 0 Å². The predicted octanol–water partition coefficient (Wildman–Crippen LogP) is 1.55. The van der Waals surface area contributed by atoms with Gasteiger partial charge in [0.05, 0.1) is 13.2 Å². The summed E-state index contributed by atoms with van der Waals surface area (Å²) in [4.78, 5) is 28.6. The highest BCUT2D eigenvalue weighted by atomic mass is 16.5. The lowest BCUT2D eigenvalue weighted by Gasteiger charge is -2.38. The summed E-state index contributed by atoms with van der Waals surface area (Å²) in [5, 5.41) is 3.68. The lowest BCUT2D eigenvalue weighted by atomic mass is 9.77. The Labute approximate surface area is 140 Å². The fourth-order valence-electron chi connectivity index (χ4n) is 3.89. The molecule has 0 unspecified atom stereocenters. The van der Waals surface area contributed by atoms with Gasteiger partial charge in [-0.2, -0.15) is 0 Å². The maximum atomic E-state index is 12.5. The van der Waals surface area contributed by atoms with E-state index in [4.69, 9.17) is 9.26 Å². The third kappa shape index (κ3) is 2.87. The fourth-order valence-corrected chi connectivity index (χ4v) is 3.89. The van der Waals surface area contributed by atoms with Crippen LogP contribution in [0.3, 0.4) is 0 Å². The summed E-state index contributed by atoms with van der Waals surface area (Å²) in [5.74, 6) is 1.39. The molecule has 1 saturated carbocycles. The van der Waals surface area contributed by atoms with E-state index in [0.717, 1.165) is 31.8 Å². The van der Waals surface area contributed by atoms with E-state index in [0.29, 0.717) is 31.3 Å². The molecule has 2 saturated heterocycles. The maximum absolute atomic E-state index is 12.5. The lowest BCUT2D eigenvalue weighted by molar-refractivity contribution is -0.128. The van der Waals surface area contributed by atoms with Crippen molar-refractivity contribution in [2.45, 2.75) is 32.1 Å². The quantitative estimate of drug-likeness (QED) is 0.835. The van der Waals surface area contributed by atoms with Gasteiger partial charge in [0.1, 0.15) is 0 Å². The van der Waals surface area contributed by atoms with E-state index in [2.05, 4.69) is 10.1 Å². The van der Waals surface area contributed by atoms with Gasteiger partial charge in [-0.3, -0.25) is 9.59 Å². The van der Waals surface area contributed by atoms with Crippen LogP contribution in [-0.4, -0.2) is 60.1 Å². The molecule has 3 heterocycles. The van der Waals surface area contributed by atoms with Gasteiger partial charge < -0.3 is 19.1 Å². The van der Waals surface area contributed by atoms with Gasteiger partial charge in [0.2, 0.25) is 11.7 Å². The number of carbonyl (C=O) groups excluding carboxylic acids is 2. The van der Waals surface area contributed by atoms with Crippen molar-refractivity contribution in [3.05, 3.63) is 11.8 Å². The Morgan fingerprint density at radius 2 is 2.17 bits per heavy atom. The number of likely N-dealkylation sites (tertiary alicyclic amines) is 2. The highest BCUT2D eigenvalue weighted by Crippen LogP contribution is 2.43. The molecule has 3 fully saturated rings. The number of hydrogen-bond acceptors (Lipinski definition) is 5. The number of rotatable bonds is 4. The molecule has 1 aliphatic carbocycles. The Kier molecular flexibility index (Phi) is 3.73. The molecule has 1 aromatic rings. The molecule has 4 rings (SSSR count). The Balaban J connectivity index is 1.36. The number of amides is 2. The summed E-state index contributed by atoms with van der Waals surface area (Å²) in [5.41, 5.74) is 0.0574. The van der Waals surface area contributed by atoms with Crippen LogP contribution < -0.4 is 4.74 Å². The monoisotopic (exact) mass is 333 g/mol. The van der Waals surface area contributed by atoms with E-state index in [-0.39, 0.29) is 17.1 Å². The van der Waals surface area contributed by atoms with E-state index in [9.17, 15) is 9.59 Å². The molecule has 24 heavy (non-hydrogen) atoms. The van der Waals surface area contributed by atoms with E-state index in [1.165, 1.54) is 26.0 Å². The second kappa shape index (κ2) is 5.79. The summed E-state index contributed by atoms with van der Waals surface area (Å²) in [6, 6.07) is 1.52. The molecule has 0 atom stereocenters. The number of ether oxygens (including phenoxy) is 1. The minimum atomic E-state index is -0.153. The summed E-state index contributed by atoms with van der Waals surface area (Å²) in [6.07, 6.45) is 4.91. The molecular formula is C17H23N3O4. The minimum absolute atomic E-state index is 0.0574. The second-order valence-corrected chi connectivity index (χ2v) is 7.42. The molecule has 7 nitrogen and oxygen atoms in total. The smallest absolute Gasteiger partial charge is 0.292 e. The number of nitrogens with zero attached hydrogens (tertiary/aromatic N) is 3. The number of carbonyl (C=O) groups is 2. The van der Waals surface area contributed by atoms with Crippen LogP contribution in [0.2, 0.25) is 0 Å². The van der Waals surface area contributed by atoms with Crippen molar-refractivity contribution in [1.29, 1.82) is 0 Å². The Morgan fingerprint density at radius 3 is 2.79 bits per heavy atom. The SMILES string of the molecule is COc1cc(C(=O)N2CCC3(CC2)CC(=O)N(CC2CC2)C3)on1. The van der Waals surface area contributed by atoms with Crippen molar-refractivity contribution >= 4 is 11.8 Å². The molecule has 0 aromatic carbocycles. The highest BCUT2D eigenvalue weighted by molar-refractivity contribution is 5.91. The molecule has 7 heteroatoms. The van der Waals surface area contributed by atoms with Crippen LogP contribution in [0.1, 0.15) is 42.7 Å². The van der Waals surface area contributed by atoms with Gasteiger partial charge >= 0.3 is 0 Å². The molecule has 1 spiro atoms. The second-order valence-electron chi connectivity index (χ2n) is 7.42. The van der Waals surface area contributed by atoms with Gasteiger partial charge in [-0.25, -0.2) is 0 Å². The lowest BCUT2D eigenvalue weighted by Crippen LogP contribution is -2.44. The molecule has 3 aliphatic rings. The van der Waals surface area contributed by atoms with Crippen LogP contribution in [-0.2, 0) is 4.79 Å². The average molecular weight is 333 g/mol. The standard InChI is InChI=1S/C17H23N3O4/c1-23-14-8-13(24-18-14)16(22)19-6-4-17(5-7-19)9-15(21)20(11-17)10-12-2-3-12/h8,12H,2-7,9-11H2,1H3. The first kappa shape index (κ1) is 15.5. The van der Waals surface area contributed by atoms with Crippen molar-refractivity contribution in [3.8, 4) is 5.88 Å². The number of aromatic nitrogens is 1. The van der Waals surface area contributed by atoms with Crippen LogP contribution >= 0.6 is 0 Å². The third-order valence-electron chi connectivity index (χ3n) is 5.60. The summed E-state index contributed by atoms with van der Waals surface area (Å²) in [7, 11) is 1.49. The highest BCUT2D eigenvalue weighted by Gasteiger charge is 2.46. The molecule has 0 N–H and O–H groups in total. The largest absolute Gasteiger partial charge is 0.479 e. The van der Waals surface area contributed by atoms with Gasteiger partial charge in [0.25, 0.3) is 11.8 Å². The van der Waals surface area contributed by atoms with Crippen LogP contribution in [0.15, 0.2) is 10.6 Å². The zero-order chi connectivity index (χ0) is 16.7. The van der Waals surface area contributed by atoms with Crippen molar-refractivity contribution in [2.75, 3.05) is 33.3 Å². The average Bonchev–Trinajstić information content (AvgIpc) is 3.18. The summed E-state index contributed by atoms with van der Waals surface area (Å²) >= 11 is 0. The van der Waals surface area contributed by atoms with Gasteiger partial charge in [-0.15, -0.1) is 0 Å². The van der Waals surface area contributed by atoms with E-state index in [1.54, 1.807) is 4.90 Å². The first-order chi connectivity index (χ1) is 11.6. The van der Waals surface area contributed by atoms with Crippen molar-refractivity contribution in [2.24, 2.45) is 11.3 Å². The topological polar surface area (TPSA) is 75.9 Å². The van der Waals surface area contributed by atoms with E-state index >= 15 is 0 Å². The minimum Gasteiger partial charge on any atom is -0.479 e. The van der Waals surface area contributed by atoms with Crippen LogP contribution in [0, 0.1) is 11.3 Å². The van der Waals surface area contributed by atoms with E-state index < -0.39 is 0 Å². The van der Waals surface area contributed by atoms with E-state index in [1.807, 2.05) is 0 Å². The molecule has 2 aliphatic heterocycles. The van der Waals surface area contributed by atoms with Gasteiger partial charge in [0.15, 0.2) is 0 Å². The van der Waals surface area contributed by atoms with Crippen LogP contribution in [0.25, 0.3) is 0 Å². The first-order valence-electron chi connectivity index (χ1n) is 8.66. The Morgan fingerprint density at radius 1 is 1.42 bits per heavy atom. The summed E-state index contributed by atoms with van der Waals surface area (Å²) in [6.45, 7) is 3.11. The Bertz CT molecular complexity index is 644. The van der Waals surface area contributed by atoms with Gasteiger partial charge in [0, 0.05) is 38.0 Å². The zero-order valence-corrected chi connectivity index (χ0v) is 14.0. The fraction of sp³-hybridized carbons (Fsp3) is 0.706. The van der Waals surface area contributed by atoms with Crippen molar-refractivity contribution in [3.63, 3.8) is 0 Å². The van der Waals surface area contributed by atoms with Gasteiger partial charge in [-0.05, 0) is 36.8 Å². The molecule has 0 bridgehead atoms. The van der Waals surface area contributed by atoms with Crippen molar-refractivity contribution in [1.82, 2.24) is 15.0 Å². The first-order valence-corrected chi connectivity index (χ1v) is 8.66. The van der Waals surface area contributed by atoms with Crippen molar-refractivity contribution < 1.29 is 18.8 Å². The van der Waals surface area contributed by atoms with Crippen LogP contribution in [0.5, 0.6) is 5.88 Å². The molecule has 2 amide bonds.